The van der Waals surface area contributed by atoms with E-state index in [1.807, 2.05) is 0 Å². The molecule has 2 rings (SSSR count). The van der Waals surface area contributed by atoms with Crippen molar-refractivity contribution < 1.29 is 14.0 Å². The SMILES string of the molecule is CC(=O)N(CCC(=O)NC1CCCCCC1)CCc1ccc(F)cc1. The second kappa shape index (κ2) is 10.2. The maximum atomic E-state index is 12.9. The summed E-state index contributed by atoms with van der Waals surface area (Å²) in [5.74, 6) is -0.272. The van der Waals surface area contributed by atoms with Crippen molar-refractivity contribution in [3.63, 3.8) is 0 Å². The van der Waals surface area contributed by atoms with Crippen molar-refractivity contribution in [3.05, 3.63) is 35.6 Å². The van der Waals surface area contributed by atoms with Gasteiger partial charge in [0.15, 0.2) is 0 Å². The molecular weight excluding hydrogens is 319 g/mol. The van der Waals surface area contributed by atoms with E-state index < -0.39 is 0 Å². The van der Waals surface area contributed by atoms with E-state index in [2.05, 4.69) is 5.32 Å². The Balaban J connectivity index is 1.75. The van der Waals surface area contributed by atoms with Crippen LogP contribution in [0.2, 0.25) is 0 Å². The standard InChI is InChI=1S/C20H29FN2O2/c1-16(24)23(14-12-17-8-10-18(21)11-9-17)15-13-20(25)22-19-6-4-2-3-5-7-19/h8-11,19H,2-7,12-15H2,1H3,(H,22,25). The number of hydrogen-bond acceptors (Lipinski definition) is 2. The van der Waals surface area contributed by atoms with Crippen LogP contribution >= 0.6 is 0 Å². The molecule has 4 nitrogen and oxygen atoms in total. The van der Waals surface area contributed by atoms with Gasteiger partial charge >= 0.3 is 0 Å². The first-order valence-electron chi connectivity index (χ1n) is 9.34. The molecule has 5 heteroatoms. The number of halogens is 1. The van der Waals surface area contributed by atoms with E-state index in [4.69, 9.17) is 0 Å². The number of benzene rings is 1. The fourth-order valence-electron chi connectivity index (χ4n) is 3.30. The van der Waals surface area contributed by atoms with E-state index in [-0.39, 0.29) is 17.6 Å². The summed E-state index contributed by atoms with van der Waals surface area (Å²) in [5.41, 5.74) is 0.982. The lowest BCUT2D eigenvalue weighted by Gasteiger charge is -2.22. The molecule has 0 spiro atoms. The van der Waals surface area contributed by atoms with Gasteiger partial charge in [0, 0.05) is 32.5 Å². The molecule has 0 unspecified atom stereocenters. The second-order valence-electron chi connectivity index (χ2n) is 6.89. The van der Waals surface area contributed by atoms with Crippen LogP contribution in [0, 0.1) is 5.82 Å². The number of hydrogen-bond donors (Lipinski definition) is 1. The van der Waals surface area contributed by atoms with Crippen molar-refractivity contribution in [3.8, 4) is 0 Å². The molecule has 1 aromatic rings. The zero-order valence-corrected chi connectivity index (χ0v) is 15.1. The van der Waals surface area contributed by atoms with Crippen LogP contribution in [0.1, 0.15) is 57.4 Å². The van der Waals surface area contributed by atoms with Crippen molar-refractivity contribution in [1.82, 2.24) is 10.2 Å². The molecule has 1 aromatic carbocycles. The summed E-state index contributed by atoms with van der Waals surface area (Å²) in [7, 11) is 0. The summed E-state index contributed by atoms with van der Waals surface area (Å²) in [4.78, 5) is 25.7. The van der Waals surface area contributed by atoms with Gasteiger partial charge in [0.05, 0.1) is 0 Å². The molecule has 25 heavy (non-hydrogen) atoms. The van der Waals surface area contributed by atoms with Crippen LogP contribution in [-0.2, 0) is 16.0 Å². The van der Waals surface area contributed by atoms with E-state index in [1.54, 1.807) is 17.0 Å². The fraction of sp³-hybridized carbons (Fsp3) is 0.600. The van der Waals surface area contributed by atoms with E-state index in [0.717, 1.165) is 18.4 Å². The largest absolute Gasteiger partial charge is 0.353 e. The predicted molar refractivity (Wildman–Crippen MR) is 96.6 cm³/mol. The highest BCUT2D eigenvalue weighted by Gasteiger charge is 2.16. The summed E-state index contributed by atoms with van der Waals surface area (Å²) < 4.78 is 12.9. The third kappa shape index (κ3) is 7.24. The van der Waals surface area contributed by atoms with E-state index in [1.165, 1.54) is 44.7 Å². The average molecular weight is 348 g/mol. The smallest absolute Gasteiger partial charge is 0.221 e. The minimum Gasteiger partial charge on any atom is -0.353 e. The van der Waals surface area contributed by atoms with Gasteiger partial charge in [0.1, 0.15) is 5.82 Å². The van der Waals surface area contributed by atoms with Crippen LogP contribution < -0.4 is 5.32 Å². The Morgan fingerprint density at radius 1 is 1.08 bits per heavy atom. The summed E-state index contributed by atoms with van der Waals surface area (Å²) in [6.45, 7) is 2.49. The fourth-order valence-corrected chi connectivity index (χ4v) is 3.30. The first kappa shape index (κ1) is 19.4. The van der Waals surface area contributed by atoms with Crippen LogP contribution in [0.4, 0.5) is 4.39 Å². The van der Waals surface area contributed by atoms with Crippen molar-refractivity contribution >= 4 is 11.8 Å². The second-order valence-corrected chi connectivity index (χ2v) is 6.89. The molecule has 0 radical (unpaired) electrons. The van der Waals surface area contributed by atoms with Crippen molar-refractivity contribution in [1.29, 1.82) is 0 Å². The van der Waals surface area contributed by atoms with Crippen molar-refractivity contribution in [2.45, 2.75) is 64.3 Å². The number of nitrogens with one attached hydrogen (secondary N) is 1. The molecule has 138 valence electrons. The van der Waals surface area contributed by atoms with Crippen molar-refractivity contribution in [2.75, 3.05) is 13.1 Å². The number of carbonyl (C=O) groups excluding carboxylic acids is 2. The summed E-state index contributed by atoms with van der Waals surface area (Å²) in [6.07, 6.45) is 8.00. The van der Waals surface area contributed by atoms with Crippen LogP contribution in [-0.4, -0.2) is 35.8 Å². The molecule has 0 heterocycles. The Labute approximate surface area is 149 Å². The van der Waals surface area contributed by atoms with Gasteiger partial charge in [-0.1, -0.05) is 37.8 Å². The van der Waals surface area contributed by atoms with Gasteiger partial charge in [-0.3, -0.25) is 9.59 Å². The van der Waals surface area contributed by atoms with Crippen LogP contribution in [0.25, 0.3) is 0 Å². The van der Waals surface area contributed by atoms with Gasteiger partial charge in [-0.15, -0.1) is 0 Å². The van der Waals surface area contributed by atoms with Crippen LogP contribution in [0.3, 0.4) is 0 Å². The van der Waals surface area contributed by atoms with Crippen molar-refractivity contribution in [2.24, 2.45) is 0 Å². The molecule has 1 fully saturated rings. The van der Waals surface area contributed by atoms with E-state index in [9.17, 15) is 14.0 Å². The zero-order chi connectivity index (χ0) is 18.1. The highest BCUT2D eigenvalue weighted by molar-refractivity contribution is 5.78. The summed E-state index contributed by atoms with van der Waals surface area (Å²) in [6, 6.07) is 6.60. The lowest BCUT2D eigenvalue weighted by Crippen LogP contribution is -2.38. The highest BCUT2D eigenvalue weighted by Crippen LogP contribution is 2.17. The molecule has 1 saturated carbocycles. The Bertz CT molecular complexity index is 551. The van der Waals surface area contributed by atoms with E-state index in [0.29, 0.717) is 32.0 Å². The molecule has 0 saturated heterocycles. The lowest BCUT2D eigenvalue weighted by molar-refractivity contribution is -0.129. The monoisotopic (exact) mass is 348 g/mol. The van der Waals surface area contributed by atoms with Gasteiger partial charge < -0.3 is 10.2 Å². The van der Waals surface area contributed by atoms with Gasteiger partial charge in [0.25, 0.3) is 0 Å². The number of carbonyl (C=O) groups is 2. The third-order valence-electron chi connectivity index (χ3n) is 4.86. The van der Waals surface area contributed by atoms with Gasteiger partial charge in [0.2, 0.25) is 11.8 Å². The summed E-state index contributed by atoms with van der Waals surface area (Å²) >= 11 is 0. The number of rotatable bonds is 7. The highest BCUT2D eigenvalue weighted by atomic mass is 19.1. The van der Waals surface area contributed by atoms with Gasteiger partial charge in [-0.2, -0.15) is 0 Å². The molecular formula is C20H29FN2O2. The molecule has 0 atom stereocenters. The molecule has 0 aliphatic heterocycles. The molecule has 1 N–H and O–H groups in total. The Morgan fingerprint density at radius 3 is 2.32 bits per heavy atom. The average Bonchev–Trinajstić information content (AvgIpc) is 2.84. The topological polar surface area (TPSA) is 49.4 Å². The number of nitrogens with zero attached hydrogens (tertiary/aromatic N) is 1. The minimum absolute atomic E-state index is 0.0277. The maximum Gasteiger partial charge on any atom is 0.221 e. The third-order valence-corrected chi connectivity index (χ3v) is 4.86. The normalized spacial score (nSPS) is 15.4. The lowest BCUT2D eigenvalue weighted by atomic mass is 10.1. The first-order chi connectivity index (χ1) is 12.0. The van der Waals surface area contributed by atoms with Gasteiger partial charge in [-0.05, 0) is 37.0 Å². The van der Waals surface area contributed by atoms with Gasteiger partial charge in [-0.25, -0.2) is 4.39 Å². The van der Waals surface area contributed by atoms with Crippen LogP contribution in [0.15, 0.2) is 24.3 Å². The zero-order valence-electron chi connectivity index (χ0n) is 15.1. The first-order valence-corrected chi connectivity index (χ1v) is 9.34. The Kier molecular flexibility index (Phi) is 7.89. The summed E-state index contributed by atoms with van der Waals surface area (Å²) in [5, 5.41) is 3.11. The molecule has 2 amide bonds. The maximum absolute atomic E-state index is 12.9. The molecule has 1 aliphatic carbocycles. The van der Waals surface area contributed by atoms with Crippen LogP contribution in [0.5, 0.6) is 0 Å². The minimum atomic E-state index is -0.262. The molecule has 0 bridgehead atoms. The molecule has 0 aromatic heterocycles. The van der Waals surface area contributed by atoms with E-state index >= 15 is 0 Å². The quantitative estimate of drug-likeness (QED) is 0.767. The predicted octanol–water partition coefficient (Wildman–Crippen LogP) is 3.45. The Morgan fingerprint density at radius 2 is 1.72 bits per heavy atom. The Hall–Kier alpha value is -1.91. The number of amides is 2. The molecule has 1 aliphatic rings.